The highest BCUT2D eigenvalue weighted by atomic mass is 16.1. The first kappa shape index (κ1) is 12.6. The molecular weight excluding hydrogens is 204 g/mol. The van der Waals surface area contributed by atoms with Crippen molar-refractivity contribution in [3.05, 3.63) is 29.6 Å². The summed E-state index contributed by atoms with van der Waals surface area (Å²) in [5.41, 5.74) is 12.7. The quantitative estimate of drug-likeness (QED) is 0.701. The van der Waals surface area contributed by atoms with Gasteiger partial charge in [-0.25, -0.2) is 0 Å². The first-order valence-corrected chi connectivity index (χ1v) is 5.30. The van der Waals surface area contributed by atoms with Crippen LogP contribution in [0.3, 0.4) is 0 Å². The predicted molar refractivity (Wildman–Crippen MR) is 62.3 cm³/mol. The number of likely N-dealkylation sites (N-methyl/N-ethyl adjacent to an activating group) is 1. The first-order chi connectivity index (χ1) is 7.67. The molecule has 0 aliphatic heterocycles. The Morgan fingerprint density at radius 1 is 1.56 bits per heavy atom. The number of hydrogen-bond donors (Lipinski definition) is 2. The van der Waals surface area contributed by atoms with Crippen LogP contribution in [-0.4, -0.2) is 28.9 Å². The van der Waals surface area contributed by atoms with Gasteiger partial charge >= 0.3 is 0 Å². The van der Waals surface area contributed by atoms with Gasteiger partial charge < -0.3 is 11.5 Å². The maximum atomic E-state index is 10.9. The molecule has 0 saturated heterocycles. The molecule has 0 fully saturated rings. The van der Waals surface area contributed by atoms with E-state index < -0.39 is 0 Å². The van der Waals surface area contributed by atoms with Gasteiger partial charge in [-0.1, -0.05) is 13.0 Å². The zero-order valence-corrected chi connectivity index (χ0v) is 9.52. The standard InChI is InChI=1S/C11H18N4O/c1-2-15(8-11(13)16)7-9-4-3-5-14-10(9)6-12/h3-5H,2,6-8,12H2,1H3,(H2,13,16). The Balaban J connectivity index is 2.73. The Morgan fingerprint density at radius 3 is 2.88 bits per heavy atom. The van der Waals surface area contributed by atoms with Gasteiger partial charge in [0.15, 0.2) is 0 Å². The maximum Gasteiger partial charge on any atom is 0.231 e. The molecule has 1 aromatic rings. The Labute approximate surface area is 95.4 Å². The highest BCUT2D eigenvalue weighted by molar-refractivity contribution is 5.75. The van der Waals surface area contributed by atoms with E-state index >= 15 is 0 Å². The second-order valence-electron chi connectivity index (χ2n) is 3.58. The molecule has 1 aromatic heterocycles. The van der Waals surface area contributed by atoms with E-state index in [1.807, 2.05) is 24.0 Å². The predicted octanol–water partition coefficient (Wildman–Crippen LogP) is -0.152. The fourth-order valence-electron chi connectivity index (χ4n) is 1.54. The molecule has 0 aliphatic rings. The van der Waals surface area contributed by atoms with Gasteiger partial charge in [-0.2, -0.15) is 0 Å². The van der Waals surface area contributed by atoms with E-state index in [2.05, 4.69) is 4.98 Å². The number of aromatic nitrogens is 1. The summed E-state index contributed by atoms with van der Waals surface area (Å²) in [6.45, 7) is 4.07. The van der Waals surface area contributed by atoms with Crippen LogP contribution in [0.4, 0.5) is 0 Å². The van der Waals surface area contributed by atoms with E-state index in [-0.39, 0.29) is 12.5 Å². The summed E-state index contributed by atoms with van der Waals surface area (Å²) in [7, 11) is 0. The number of carbonyl (C=O) groups excluding carboxylic acids is 1. The smallest absolute Gasteiger partial charge is 0.231 e. The highest BCUT2D eigenvalue weighted by Gasteiger charge is 2.09. The number of carbonyl (C=O) groups is 1. The average molecular weight is 222 g/mol. The Hall–Kier alpha value is -1.46. The molecule has 0 atom stereocenters. The average Bonchev–Trinajstić information content (AvgIpc) is 2.28. The van der Waals surface area contributed by atoms with E-state index in [1.54, 1.807) is 6.20 Å². The van der Waals surface area contributed by atoms with Gasteiger partial charge in [0.05, 0.1) is 12.2 Å². The van der Waals surface area contributed by atoms with E-state index in [1.165, 1.54) is 0 Å². The summed E-state index contributed by atoms with van der Waals surface area (Å²) < 4.78 is 0. The lowest BCUT2D eigenvalue weighted by atomic mass is 10.2. The number of pyridine rings is 1. The van der Waals surface area contributed by atoms with Crippen molar-refractivity contribution in [2.24, 2.45) is 11.5 Å². The number of rotatable bonds is 6. The molecule has 1 heterocycles. The maximum absolute atomic E-state index is 10.9. The second-order valence-corrected chi connectivity index (χ2v) is 3.58. The van der Waals surface area contributed by atoms with Gasteiger partial charge in [0, 0.05) is 19.3 Å². The Morgan fingerprint density at radius 2 is 2.31 bits per heavy atom. The summed E-state index contributed by atoms with van der Waals surface area (Å²) >= 11 is 0. The number of nitrogens with zero attached hydrogens (tertiary/aromatic N) is 2. The van der Waals surface area contributed by atoms with Crippen molar-refractivity contribution in [1.82, 2.24) is 9.88 Å². The lowest BCUT2D eigenvalue weighted by Crippen LogP contribution is -2.33. The van der Waals surface area contributed by atoms with Crippen molar-refractivity contribution in [1.29, 1.82) is 0 Å². The largest absolute Gasteiger partial charge is 0.369 e. The van der Waals surface area contributed by atoms with Crippen molar-refractivity contribution in [2.75, 3.05) is 13.1 Å². The minimum absolute atomic E-state index is 0.259. The number of hydrogen-bond acceptors (Lipinski definition) is 4. The molecule has 5 heteroatoms. The molecule has 0 unspecified atom stereocenters. The lowest BCUT2D eigenvalue weighted by Gasteiger charge is -2.19. The fraction of sp³-hybridized carbons (Fsp3) is 0.455. The van der Waals surface area contributed by atoms with E-state index in [0.717, 1.165) is 17.8 Å². The molecule has 4 N–H and O–H groups in total. The van der Waals surface area contributed by atoms with Crippen molar-refractivity contribution in [2.45, 2.75) is 20.0 Å². The van der Waals surface area contributed by atoms with E-state index in [0.29, 0.717) is 13.1 Å². The number of nitrogens with two attached hydrogens (primary N) is 2. The van der Waals surface area contributed by atoms with Crippen molar-refractivity contribution in [3.63, 3.8) is 0 Å². The second kappa shape index (κ2) is 6.19. The van der Waals surface area contributed by atoms with Crippen LogP contribution < -0.4 is 11.5 Å². The van der Waals surface area contributed by atoms with Crippen LogP contribution in [-0.2, 0) is 17.9 Å². The molecule has 88 valence electrons. The van der Waals surface area contributed by atoms with Crippen LogP contribution in [0.1, 0.15) is 18.2 Å². The third-order valence-corrected chi connectivity index (χ3v) is 2.40. The molecule has 16 heavy (non-hydrogen) atoms. The van der Waals surface area contributed by atoms with Crippen LogP contribution in [0.25, 0.3) is 0 Å². The lowest BCUT2D eigenvalue weighted by molar-refractivity contribution is -0.119. The van der Waals surface area contributed by atoms with Crippen LogP contribution in [0.15, 0.2) is 18.3 Å². The normalized spacial score (nSPS) is 10.7. The van der Waals surface area contributed by atoms with Gasteiger partial charge in [-0.3, -0.25) is 14.7 Å². The molecule has 1 rings (SSSR count). The van der Waals surface area contributed by atoms with Gasteiger partial charge in [0.2, 0.25) is 5.91 Å². The molecular formula is C11H18N4O. The van der Waals surface area contributed by atoms with E-state index in [4.69, 9.17) is 11.5 Å². The van der Waals surface area contributed by atoms with Crippen molar-refractivity contribution in [3.8, 4) is 0 Å². The molecule has 0 aromatic carbocycles. The van der Waals surface area contributed by atoms with Crippen molar-refractivity contribution < 1.29 is 4.79 Å². The Kier molecular flexibility index (Phi) is 4.88. The minimum Gasteiger partial charge on any atom is -0.369 e. The molecule has 5 nitrogen and oxygen atoms in total. The summed E-state index contributed by atoms with van der Waals surface area (Å²) in [6, 6.07) is 3.84. The monoisotopic (exact) mass is 222 g/mol. The summed E-state index contributed by atoms with van der Waals surface area (Å²) in [4.78, 5) is 17.0. The molecule has 0 aliphatic carbocycles. The third-order valence-electron chi connectivity index (χ3n) is 2.40. The Bertz CT molecular complexity index is 354. The zero-order valence-electron chi connectivity index (χ0n) is 9.52. The van der Waals surface area contributed by atoms with E-state index in [9.17, 15) is 4.79 Å². The first-order valence-electron chi connectivity index (χ1n) is 5.30. The third kappa shape index (κ3) is 3.60. The highest BCUT2D eigenvalue weighted by Crippen LogP contribution is 2.08. The zero-order chi connectivity index (χ0) is 12.0. The van der Waals surface area contributed by atoms with Crippen LogP contribution in [0.2, 0.25) is 0 Å². The minimum atomic E-state index is -0.319. The fourth-order valence-corrected chi connectivity index (χ4v) is 1.54. The van der Waals surface area contributed by atoms with Crippen LogP contribution in [0.5, 0.6) is 0 Å². The van der Waals surface area contributed by atoms with Gasteiger partial charge in [-0.15, -0.1) is 0 Å². The summed E-state index contributed by atoms with van der Waals surface area (Å²) in [6.07, 6.45) is 1.72. The van der Waals surface area contributed by atoms with Crippen molar-refractivity contribution >= 4 is 5.91 Å². The molecule has 1 amide bonds. The number of amides is 1. The summed E-state index contributed by atoms with van der Waals surface area (Å²) in [5.74, 6) is -0.319. The van der Waals surface area contributed by atoms with Gasteiger partial charge in [0.25, 0.3) is 0 Å². The molecule has 0 bridgehead atoms. The molecule has 0 saturated carbocycles. The molecule has 0 spiro atoms. The topological polar surface area (TPSA) is 85.2 Å². The SMILES string of the molecule is CCN(CC(N)=O)Cc1cccnc1CN. The van der Waals surface area contributed by atoms with Gasteiger partial charge in [-0.05, 0) is 18.2 Å². The number of primary amides is 1. The summed E-state index contributed by atoms with van der Waals surface area (Å²) in [5, 5.41) is 0. The molecule has 0 radical (unpaired) electrons. The van der Waals surface area contributed by atoms with Crippen LogP contribution >= 0.6 is 0 Å². The van der Waals surface area contributed by atoms with Crippen LogP contribution in [0, 0.1) is 0 Å². The van der Waals surface area contributed by atoms with Gasteiger partial charge in [0.1, 0.15) is 0 Å².